The van der Waals surface area contributed by atoms with Gasteiger partial charge in [-0.05, 0) is 31.0 Å². The summed E-state index contributed by atoms with van der Waals surface area (Å²) < 4.78 is 20.6. The molecule has 8 heteroatoms. The average Bonchev–Trinajstić information content (AvgIpc) is 3.40. The molecule has 6 nitrogen and oxygen atoms in total. The van der Waals surface area contributed by atoms with Crippen LogP contribution in [0.25, 0.3) is 16.9 Å². The number of halogens is 1. The highest BCUT2D eigenvalue weighted by atomic mass is 32.1. The lowest BCUT2D eigenvalue weighted by atomic mass is 10.1. The van der Waals surface area contributed by atoms with Gasteiger partial charge in [-0.2, -0.15) is 5.10 Å². The molecule has 0 unspecified atom stereocenters. The molecule has 31 heavy (non-hydrogen) atoms. The second-order valence-corrected chi connectivity index (χ2v) is 7.80. The lowest BCUT2D eigenvalue weighted by Crippen LogP contribution is -2.13. The van der Waals surface area contributed by atoms with E-state index < -0.39 is 5.82 Å². The van der Waals surface area contributed by atoms with Gasteiger partial charge in [-0.1, -0.05) is 36.4 Å². The third-order valence-electron chi connectivity index (χ3n) is 4.90. The van der Waals surface area contributed by atoms with Crippen molar-refractivity contribution < 1.29 is 13.9 Å². The van der Waals surface area contributed by atoms with Crippen LogP contribution in [0.2, 0.25) is 0 Å². The Bertz CT molecular complexity index is 1200. The molecule has 0 fully saturated rings. The molecule has 0 atom stereocenters. The summed E-state index contributed by atoms with van der Waals surface area (Å²) in [5, 5.41) is 9.38. The highest BCUT2D eigenvalue weighted by molar-refractivity contribution is 7.14. The quantitative estimate of drug-likeness (QED) is 0.448. The van der Waals surface area contributed by atoms with Gasteiger partial charge in [0.25, 0.3) is 5.91 Å². The molecule has 0 aliphatic carbocycles. The molecule has 4 aromatic rings. The van der Waals surface area contributed by atoms with Gasteiger partial charge in [0.15, 0.2) is 5.13 Å². The molecular weight excluding hydrogens is 415 g/mol. The summed E-state index contributed by atoms with van der Waals surface area (Å²) in [6, 6.07) is 14.4. The van der Waals surface area contributed by atoms with E-state index >= 15 is 0 Å². The third kappa shape index (κ3) is 4.55. The molecule has 2 aromatic heterocycles. The molecule has 1 N–H and O–H groups in total. The summed E-state index contributed by atoms with van der Waals surface area (Å²) in [5.41, 5.74) is 4.16. The van der Waals surface area contributed by atoms with Crippen molar-refractivity contribution in [1.82, 2.24) is 14.8 Å². The Kier molecular flexibility index (Phi) is 6.20. The van der Waals surface area contributed by atoms with E-state index in [0.717, 1.165) is 17.7 Å². The topological polar surface area (TPSA) is 69.0 Å². The van der Waals surface area contributed by atoms with Crippen LogP contribution >= 0.6 is 11.3 Å². The predicted octanol–water partition coefficient (Wildman–Crippen LogP) is 4.88. The largest absolute Gasteiger partial charge is 0.384 e. The van der Waals surface area contributed by atoms with Crippen LogP contribution in [-0.4, -0.2) is 34.4 Å². The summed E-state index contributed by atoms with van der Waals surface area (Å²) in [7, 11) is 1.69. The van der Waals surface area contributed by atoms with Crippen molar-refractivity contribution in [2.45, 2.75) is 13.3 Å². The number of para-hydroxylation sites is 1. The number of benzene rings is 2. The minimum absolute atomic E-state index is 0.296. The molecule has 2 heterocycles. The van der Waals surface area contributed by atoms with Crippen molar-refractivity contribution in [3.63, 3.8) is 0 Å². The Morgan fingerprint density at radius 2 is 1.97 bits per heavy atom. The number of ether oxygens (including phenoxy) is 1. The Morgan fingerprint density at radius 3 is 2.71 bits per heavy atom. The molecule has 1 amide bonds. The smallest absolute Gasteiger partial charge is 0.260 e. The number of nitrogens with one attached hydrogen (secondary N) is 1. The maximum Gasteiger partial charge on any atom is 0.260 e. The van der Waals surface area contributed by atoms with E-state index in [-0.39, 0.29) is 5.91 Å². The van der Waals surface area contributed by atoms with Gasteiger partial charge < -0.3 is 4.74 Å². The SMILES string of the molecule is COCCc1ccc(-c2csc(NC(=O)c3cnn(-c4ccccc4F)c3C)n2)cc1. The molecule has 0 saturated heterocycles. The lowest BCUT2D eigenvalue weighted by Gasteiger charge is -2.06. The molecule has 2 aromatic carbocycles. The predicted molar refractivity (Wildman–Crippen MR) is 119 cm³/mol. The van der Waals surface area contributed by atoms with Gasteiger partial charge in [0.2, 0.25) is 0 Å². The van der Waals surface area contributed by atoms with Crippen LogP contribution in [0.4, 0.5) is 9.52 Å². The van der Waals surface area contributed by atoms with E-state index in [0.29, 0.717) is 28.7 Å². The van der Waals surface area contributed by atoms with Crippen molar-refractivity contribution in [1.29, 1.82) is 0 Å². The van der Waals surface area contributed by atoms with E-state index in [4.69, 9.17) is 4.74 Å². The van der Waals surface area contributed by atoms with E-state index in [2.05, 4.69) is 15.4 Å². The standard InChI is InChI=1S/C23H21FN4O2S/c1-15-18(13-25-28(15)21-6-4-3-5-19(21)24)22(29)27-23-26-20(14-31-23)17-9-7-16(8-10-17)11-12-30-2/h3-10,13-14H,11-12H2,1-2H3,(H,26,27,29). The number of carbonyl (C=O) groups is 1. The highest BCUT2D eigenvalue weighted by Crippen LogP contribution is 2.26. The first-order valence-corrected chi connectivity index (χ1v) is 10.6. The number of hydrogen-bond donors (Lipinski definition) is 1. The van der Waals surface area contributed by atoms with Crippen LogP contribution in [-0.2, 0) is 11.2 Å². The average molecular weight is 437 g/mol. The first kappa shape index (κ1) is 20.9. The summed E-state index contributed by atoms with van der Waals surface area (Å²) in [6.45, 7) is 2.41. The second-order valence-electron chi connectivity index (χ2n) is 6.94. The molecule has 0 radical (unpaired) electrons. The minimum atomic E-state index is -0.404. The van der Waals surface area contributed by atoms with Crippen molar-refractivity contribution in [3.05, 3.63) is 82.7 Å². The maximum atomic E-state index is 14.1. The molecular formula is C23H21FN4O2S. The monoisotopic (exact) mass is 436 g/mol. The van der Waals surface area contributed by atoms with E-state index in [9.17, 15) is 9.18 Å². The number of anilines is 1. The molecule has 4 rings (SSSR count). The van der Waals surface area contributed by atoms with Gasteiger partial charge in [0, 0.05) is 18.1 Å². The lowest BCUT2D eigenvalue weighted by molar-refractivity contribution is 0.102. The molecule has 0 bridgehead atoms. The van der Waals surface area contributed by atoms with E-state index in [1.807, 2.05) is 29.6 Å². The van der Waals surface area contributed by atoms with E-state index in [1.54, 1.807) is 32.2 Å². The number of amides is 1. The Morgan fingerprint density at radius 1 is 1.19 bits per heavy atom. The summed E-state index contributed by atoms with van der Waals surface area (Å²) in [4.78, 5) is 17.3. The van der Waals surface area contributed by atoms with Gasteiger partial charge in [0.1, 0.15) is 11.5 Å². The maximum absolute atomic E-state index is 14.1. The number of thiazole rings is 1. The summed E-state index contributed by atoms with van der Waals surface area (Å²) in [6.07, 6.45) is 2.29. The first-order valence-electron chi connectivity index (χ1n) is 9.71. The fraction of sp³-hybridized carbons (Fsp3) is 0.174. The third-order valence-corrected chi connectivity index (χ3v) is 5.66. The Labute approximate surface area is 183 Å². The van der Waals surface area contributed by atoms with Crippen LogP contribution in [0, 0.1) is 12.7 Å². The summed E-state index contributed by atoms with van der Waals surface area (Å²) >= 11 is 1.35. The second kappa shape index (κ2) is 9.20. The van der Waals surface area contributed by atoms with Crippen molar-refractivity contribution in [2.75, 3.05) is 19.0 Å². The number of hydrogen-bond acceptors (Lipinski definition) is 5. The molecule has 0 aliphatic heterocycles. The van der Waals surface area contributed by atoms with Crippen LogP contribution < -0.4 is 5.32 Å². The molecule has 158 valence electrons. The van der Waals surface area contributed by atoms with Crippen molar-refractivity contribution in [2.24, 2.45) is 0 Å². The minimum Gasteiger partial charge on any atom is -0.384 e. The normalized spacial score (nSPS) is 10.9. The number of methoxy groups -OCH3 is 1. The zero-order chi connectivity index (χ0) is 21.8. The molecule has 0 spiro atoms. The van der Waals surface area contributed by atoms with Gasteiger partial charge in [-0.3, -0.25) is 10.1 Å². The number of rotatable bonds is 7. The van der Waals surface area contributed by atoms with Crippen molar-refractivity contribution >= 4 is 22.4 Å². The Hall–Kier alpha value is -3.36. The van der Waals surface area contributed by atoms with Gasteiger partial charge in [0.05, 0.1) is 29.8 Å². The Balaban J connectivity index is 1.48. The van der Waals surface area contributed by atoms with E-state index in [1.165, 1.54) is 33.8 Å². The van der Waals surface area contributed by atoms with Crippen LogP contribution in [0.15, 0.2) is 60.1 Å². The van der Waals surface area contributed by atoms with Crippen LogP contribution in [0.5, 0.6) is 0 Å². The molecule has 0 saturated carbocycles. The zero-order valence-corrected chi connectivity index (χ0v) is 17.9. The summed E-state index contributed by atoms with van der Waals surface area (Å²) in [5.74, 6) is -0.741. The van der Waals surface area contributed by atoms with Crippen LogP contribution in [0.3, 0.4) is 0 Å². The van der Waals surface area contributed by atoms with Crippen molar-refractivity contribution in [3.8, 4) is 16.9 Å². The fourth-order valence-electron chi connectivity index (χ4n) is 3.19. The number of aromatic nitrogens is 3. The van der Waals surface area contributed by atoms with Gasteiger partial charge >= 0.3 is 0 Å². The van der Waals surface area contributed by atoms with Gasteiger partial charge in [-0.25, -0.2) is 14.1 Å². The fourth-order valence-corrected chi connectivity index (χ4v) is 3.90. The first-order chi connectivity index (χ1) is 15.1. The van der Waals surface area contributed by atoms with Crippen LogP contribution in [0.1, 0.15) is 21.6 Å². The molecule has 0 aliphatic rings. The zero-order valence-electron chi connectivity index (χ0n) is 17.1. The highest BCUT2D eigenvalue weighted by Gasteiger charge is 2.18. The number of nitrogens with zero attached hydrogens (tertiary/aromatic N) is 3. The van der Waals surface area contributed by atoms with Gasteiger partial charge in [-0.15, -0.1) is 11.3 Å². The number of carbonyl (C=O) groups excluding carboxylic acids is 1.